The molecule has 0 fully saturated rings. The molecule has 0 aliphatic rings. The molecule has 0 aliphatic carbocycles. The SMILES string of the molecule is C=C(C)N(CCC)c1ncc(C(F)(F)F)cc1Cl.CCC(CC)c1ccc(O)c(C)c1C. The predicted molar refractivity (Wildman–Crippen MR) is 128 cm³/mol. The molecule has 2 rings (SSSR count). The minimum atomic E-state index is -4.44. The third-order valence-corrected chi connectivity index (χ3v) is 5.82. The van der Waals surface area contributed by atoms with Gasteiger partial charge in [-0.3, -0.25) is 0 Å². The van der Waals surface area contributed by atoms with Gasteiger partial charge in [-0.25, -0.2) is 4.98 Å². The van der Waals surface area contributed by atoms with E-state index in [0.29, 0.717) is 29.7 Å². The van der Waals surface area contributed by atoms with Crippen LogP contribution in [0.3, 0.4) is 0 Å². The molecule has 0 saturated carbocycles. The van der Waals surface area contributed by atoms with Gasteiger partial charge in [-0.1, -0.05) is 45.0 Å². The van der Waals surface area contributed by atoms with E-state index in [2.05, 4.69) is 38.4 Å². The van der Waals surface area contributed by atoms with E-state index in [0.717, 1.165) is 24.2 Å². The van der Waals surface area contributed by atoms with Gasteiger partial charge in [0.25, 0.3) is 0 Å². The third kappa shape index (κ3) is 7.16. The topological polar surface area (TPSA) is 36.4 Å². The number of hydrogen-bond donors (Lipinski definition) is 1. The lowest BCUT2D eigenvalue weighted by Gasteiger charge is -2.24. The van der Waals surface area contributed by atoms with Crippen molar-refractivity contribution in [2.45, 2.75) is 72.9 Å². The number of pyridine rings is 1. The average Bonchev–Trinajstić information content (AvgIpc) is 2.72. The van der Waals surface area contributed by atoms with E-state index in [1.54, 1.807) is 11.8 Å². The van der Waals surface area contributed by atoms with Crippen LogP contribution in [0.2, 0.25) is 5.02 Å². The number of phenols is 1. The van der Waals surface area contributed by atoms with Crippen molar-refractivity contribution >= 4 is 17.4 Å². The van der Waals surface area contributed by atoms with Crippen LogP contribution < -0.4 is 4.90 Å². The zero-order valence-corrected chi connectivity index (χ0v) is 20.5. The highest BCUT2D eigenvalue weighted by Gasteiger charge is 2.32. The molecule has 178 valence electrons. The molecule has 1 heterocycles. The lowest BCUT2D eigenvalue weighted by molar-refractivity contribution is -0.137. The molecular formula is C25H34ClF3N2O. The maximum atomic E-state index is 12.5. The lowest BCUT2D eigenvalue weighted by Crippen LogP contribution is -2.23. The largest absolute Gasteiger partial charge is 0.508 e. The maximum Gasteiger partial charge on any atom is 0.417 e. The lowest BCUT2D eigenvalue weighted by atomic mass is 9.88. The minimum Gasteiger partial charge on any atom is -0.508 e. The van der Waals surface area contributed by atoms with Crippen LogP contribution in [0.15, 0.2) is 36.7 Å². The fourth-order valence-electron chi connectivity index (χ4n) is 3.48. The van der Waals surface area contributed by atoms with Crippen molar-refractivity contribution in [2.24, 2.45) is 0 Å². The molecule has 32 heavy (non-hydrogen) atoms. The van der Waals surface area contributed by atoms with Gasteiger partial charge in [0, 0.05) is 18.4 Å². The fourth-order valence-corrected chi connectivity index (χ4v) is 3.75. The molecule has 0 radical (unpaired) electrons. The van der Waals surface area contributed by atoms with Crippen LogP contribution >= 0.6 is 11.6 Å². The smallest absolute Gasteiger partial charge is 0.417 e. The van der Waals surface area contributed by atoms with E-state index in [1.807, 2.05) is 19.9 Å². The molecule has 1 aromatic heterocycles. The second-order valence-corrected chi connectivity index (χ2v) is 8.26. The Morgan fingerprint density at radius 3 is 2.19 bits per heavy atom. The highest BCUT2D eigenvalue weighted by atomic mass is 35.5. The van der Waals surface area contributed by atoms with Crippen LogP contribution in [0.25, 0.3) is 0 Å². The number of rotatable bonds is 7. The van der Waals surface area contributed by atoms with Gasteiger partial charge in [-0.05, 0) is 74.8 Å². The van der Waals surface area contributed by atoms with Crippen molar-refractivity contribution in [1.29, 1.82) is 0 Å². The highest BCUT2D eigenvalue weighted by molar-refractivity contribution is 6.33. The summed E-state index contributed by atoms with van der Waals surface area (Å²) < 4.78 is 37.4. The summed E-state index contributed by atoms with van der Waals surface area (Å²) in [6.07, 6.45) is -0.504. The molecule has 0 bridgehead atoms. The van der Waals surface area contributed by atoms with E-state index >= 15 is 0 Å². The summed E-state index contributed by atoms with van der Waals surface area (Å²) >= 11 is 5.86. The minimum absolute atomic E-state index is 0.0266. The van der Waals surface area contributed by atoms with Gasteiger partial charge in [0.05, 0.1) is 10.6 Å². The fraction of sp³-hybridized carbons (Fsp3) is 0.480. The number of nitrogens with zero attached hydrogens (tertiary/aromatic N) is 2. The van der Waals surface area contributed by atoms with Crippen molar-refractivity contribution in [2.75, 3.05) is 11.4 Å². The first-order valence-corrected chi connectivity index (χ1v) is 11.2. The summed E-state index contributed by atoms with van der Waals surface area (Å²) in [5, 5.41) is 9.53. The Morgan fingerprint density at radius 1 is 1.16 bits per heavy atom. The Morgan fingerprint density at radius 2 is 1.75 bits per heavy atom. The van der Waals surface area contributed by atoms with Crippen molar-refractivity contribution in [3.63, 3.8) is 0 Å². The number of aromatic hydroxyl groups is 1. The van der Waals surface area contributed by atoms with E-state index in [4.69, 9.17) is 11.6 Å². The number of aromatic nitrogens is 1. The molecule has 2 aromatic rings. The predicted octanol–water partition coefficient (Wildman–Crippen LogP) is 8.42. The number of phenolic OH excluding ortho intramolecular Hbond substituents is 1. The standard InChI is InChI=1S/C13H20O.C12H14ClF3N2/c1-5-11(6-2)12-7-8-13(14)10(4)9(12)3;1-4-5-18(8(2)3)11-10(13)6-9(7-17-11)12(14,15)16/h7-8,11,14H,5-6H2,1-4H3;6-7H,2,4-5H2,1,3H3. The third-order valence-electron chi connectivity index (χ3n) is 5.54. The zero-order chi connectivity index (χ0) is 24.6. The van der Waals surface area contributed by atoms with Crippen molar-refractivity contribution < 1.29 is 18.3 Å². The summed E-state index contributed by atoms with van der Waals surface area (Å²) in [6.45, 7) is 16.6. The van der Waals surface area contributed by atoms with Crippen LogP contribution in [0, 0.1) is 13.8 Å². The zero-order valence-electron chi connectivity index (χ0n) is 19.8. The monoisotopic (exact) mass is 470 g/mol. The first-order valence-electron chi connectivity index (χ1n) is 10.8. The van der Waals surface area contributed by atoms with Gasteiger partial charge >= 0.3 is 6.18 Å². The van der Waals surface area contributed by atoms with Crippen molar-refractivity contribution in [1.82, 2.24) is 4.98 Å². The Hall–Kier alpha value is -2.21. The molecule has 0 unspecified atom stereocenters. The summed E-state index contributed by atoms with van der Waals surface area (Å²) in [4.78, 5) is 5.49. The van der Waals surface area contributed by atoms with Crippen molar-refractivity contribution in [3.05, 3.63) is 63.9 Å². The van der Waals surface area contributed by atoms with Gasteiger partial charge in [0.2, 0.25) is 0 Å². The number of anilines is 1. The number of alkyl halides is 3. The van der Waals surface area contributed by atoms with Gasteiger partial charge in [0.1, 0.15) is 5.75 Å². The molecule has 0 atom stereocenters. The molecule has 0 spiro atoms. The summed E-state index contributed by atoms with van der Waals surface area (Å²) in [6, 6.07) is 4.76. The first kappa shape index (κ1) is 27.8. The van der Waals surface area contributed by atoms with Crippen LogP contribution in [0.1, 0.15) is 75.1 Å². The van der Waals surface area contributed by atoms with Crippen LogP contribution in [-0.2, 0) is 6.18 Å². The normalized spacial score (nSPS) is 11.2. The van der Waals surface area contributed by atoms with Crippen LogP contribution in [-0.4, -0.2) is 16.6 Å². The second kappa shape index (κ2) is 12.1. The van der Waals surface area contributed by atoms with Crippen LogP contribution in [0.4, 0.5) is 19.0 Å². The second-order valence-electron chi connectivity index (χ2n) is 7.85. The Bertz CT molecular complexity index is 909. The van der Waals surface area contributed by atoms with Gasteiger partial charge in [-0.2, -0.15) is 13.2 Å². The molecule has 0 amide bonds. The van der Waals surface area contributed by atoms with Gasteiger partial charge in [-0.15, -0.1) is 0 Å². The summed E-state index contributed by atoms with van der Waals surface area (Å²) in [7, 11) is 0. The van der Waals surface area contributed by atoms with E-state index in [1.165, 1.54) is 24.0 Å². The number of halogens is 4. The quantitative estimate of drug-likeness (QED) is 0.441. The average molecular weight is 471 g/mol. The first-order chi connectivity index (χ1) is 14.9. The van der Waals surface area contributed by atoms with E-state index in [-0.39, 0.29) is 5.02 Å². The Labute approximate surface area is 194 Å². The molecular weight excluding hydrogens is 437 g/mol. The number of benzene rings is 1. The summed E-state index contributed by atoms with van der Waals surface area (Å²) in [5.41, 5.74) is 3.50. The number of hydrogen-bond acceptors (Lipinski definition) is 3. The molecule has 0 saturated heterocycles. The van der Waals surface area contributed by atoms with Crippen molar-refractivity contribution in [3.8, 4) is 5.75 Å². The highest BCUT2D eigenvalue weighted by Crippen LogP contribution is 2.34. The Balaban J connectivity index is 0.000000330. The molecule has 1 N–H and O–H groups in total. The van der Waals surface area contributed by atoms with Gasteiger partial charge < -0.3 is 10.0 Å². The van der Waals surface area contributed by atoms with Gasteiger partial charge in [0.15, 0.2) is 5.82 Å². The summed E-state index contributed by atoms with van der Waals surface area (Å²) in [5.74, 6) is 1.35. The molecule has 3 nitrogen and oxygen atoms in total. The maximum absolute atomic E-state index is 12.5. The van der Waals surface area contributed by atoms with Crippen LogP contribution in [0.5, 0.6) is 5.75 Å². The van der Waals surface area contributed by atoms with E-state index < -0.39 is 11.7 Å². The molecule has 1 aromatic carbocycles. The Kier molecular flexibility index (Phi) is 10.6. The molecule has 7 heteroatoms. The molecule has 0 aliphatic heterocycles. The van der Waals surface area contributed by atoms with E-state index in [9.17, 15) is 18.3 Å². The number of allylic oxidation sites excluding steroid dienone is 1.